The number of rotatable bonds is 3. The summed E-state index contributed by atoms with van der Waals surface area (Å²) in [5.41, 5.74) is 7.44. The first kappa shape index (κ1) is 12.3. The van der Waals surface area contributed by atoms with Crippen LogP contribution >= 0.6 is 0 Å². The largest absolute Gasteiger partial charge is 0.330 e. The normalized spacial score (nSPS) is 16.4. The summed E-state index contributed by atoms with van der Waals surface area (Å²) >= 11 is 0. The fourth-order valence-corrected chi connectivity index (χ4v) is 2.48. The quantitative estimate of drug-likeness (QED) is 0.895. The molecule has 0 bridgehead atoms. The summed E-state index contributed by atoms with van der Waals surface area (Å²) in [6.45, 7) is 0.478. The number of hydrogen-bond donors (Lipinski definition) is 1. The Balaban J connectivity index is 2.14. The third-order valence-electron chi connectivity index (χ3n) is 3.97. The number of halogens is 2. The average Bonchev–Trinajstić information content (AvgIpc) is 3.24. The van der Waals surface area contributed by atoms with Crippen molar-refractivity contribution >= 4 is 0 Å². The number of nitrogens with two attached hydrogens (primary N) is 1. The molecule has 3 rings (SSSR count). The molecule has 1 saturated carbocycles. The van der Waals surface area contributed by atoms with E-state index in [0.717, 1.165) is 18.4 Å². The minimum atomic E-state index is -0.795. The average molecular weight is 259 g/mol. The monoisotopic (exact) mass is 259 g/mol. The molecule has 1 aliphatic rings. The fourth-order valence-electron chi connectivity index (χ4n) is 2.48. The highest BCUT2D eigenvalue weighted by molar-refractivity contribution is 5.65. The Morgan fingerprint density at radius 1 is 1.05 bits per heavy atom. The molecule has 0 unspecified atom stereocenters. The van der Waals surface area contributed by atoms with Gasteiger partial charge in [0.2, 0.25) is 0 Å². The van der Waals surface area contributed by atoms with Crippen molar-refractivity contribution in [3.63, 3.8) is 0 Å². The fraction of sp³-hybridized carbons (Fsp3) is 0.250. The van der Waals surface area contributed by atoms with Gasteiger partial charge in [-0.25, -0.2) is 8.78 Å². The van der Waals surface area contributed by atoms with Crippen molar-refractivity contribution in [2.24, 2.45) is 5.73 Å². The lowest BCUT2D eigenvalue weighted by molar-refractivity contribution is 0.507. The van der Waals surface area contributed by atoms with Crippen LogP contribution in [0.4, 0.5) is 8.78 Å². The van der Waals surface area contributed by atoms with Crippen LogP contribution < -0.4 is 5.73 Å². The minimum absolute atomic E-state index is 0.141. The van der Waals surface area contributed by atoms with Crippen molar-refractivity contribution in [2.75, 3.05) is 6.54 Å². The molecule has 1 fully saturated rings. The molecule has 2 aromatic rings. The highest BCUT2D eigenvalue weighted by Crippen LogP contribution is 2.48. The summed E-state index contributed by atoms with van der Waals surface area (Å²) in [6, 6.07) is 12.1. The zero-order chi connectivity index (χ0) is 13.5. The van der Waals surface area contributed by atoms with Gasteiger partial charge in [0.1, 0.15) is 0 Å². The van der Waals surface area contributed by atoms with Crippen LogP contribution in [-0.2, 0) is 5.41 Å². The Labute approximate surface area is 111 Å². The zero-order valence-corrected chi connectivity index (χ0v) is 10.5. The van der Waals surface area contributed by atoms with Crippen molar-refractivity contribution in [1.82, 2.24) is 0 Å². The molecule has 0 saturated heterocycles. The van der Waals surface area contributed by atoms with Crippen LogP contribution in [0.15, 0.2) is 42.5 Å². The van der Waals surface area contributed by atoms with Crippen LogP contribution in [0.3, 0.4) is 0 Å². The maximum absolute atomic E-state index is 14.0. The van der Waals surface area contributed by atoms with Gasteiger partial charge < -0.3 is 5.73 Å². The predicted octanol–water partition coefficient (Wildman–Crippen LogP) is 3.62. The molecule has 0 heterocycles. The molecular formula is C16H15F2N. The summed E-state index contributed by atoms with van der Waals surface area (Å²) in [7, 11) is 0. The van der Waals surface area contributed by atoms with Crippen LogP contribution in [-0.4, -0.2) is 6.54 Å². The van der Waals surface area contributed by atoms with E-state index in [4.69, 9.17) is 5.73 Å². The third kappa shape index (κ3) is 2.04. The lowest BCUT2D eigenvalue weighted by Crippen LogP contribution is -2.20. The molecule has 1 aliphatic carbocycles. The molecule has 0 aromatic heterocycles. The molecule has 2 aromatic carbocycles. The Hall–Kier alpha value is -1.74. The van der Waals surface area contributed by atoms with Gasteiger partial charge in [0.15, 0.2) is 11.6 Å². The first-order chi connectivity index (χ1) is 9.16. The van der Waals surface area contributed by atoms with E-state index in [2.05, 4.69) is 0 Å². The van der Waals surface area contributed by atoms with E-state index in [9.17, 15) is 8.78 Å². The molecule has 0 aliphatic heterocycles. The van der Waals surface area contributed by atoms with Crippen molar-refractivity contribution < 1.29 is 8.78 Å². The van der Waals surface area contributed by atoms with Gasteiger partial charge in [-0.2, -0.15) is 0 Å². The molecule has 2 N–H and O–H groups in total. The van der Waals surface area contributed by atoms with Gasteiger partial charge in [-0.3, -0.25) is 0 Å². The lowest BCUT2D eigenvalue weighted by Gasteiger charge is -2.15. The first-order valence-electron chi connectivity index (χ1n) is 6.41. The van der Waals surface area contributed by atoms with E-state index < -0.39 is 11.6 Å². The maximum atomic E-state index is 14.0. The van der Waals surface area contributed by atoms with Gasteiger partial charge in [-0.05, 0) is 36.1 Å². The number of benzene rings is 2. The predicted molar refractivity (Wildman–Crippen MR) is 71.8 cm³/mol. The SMILES string of the molecule is NCC1(c2cc(F)c(F)c(-c3ccccc3)c2)CC1. The van der Waals surface area contributed by atoms with E-state index in [0.29, 0.717) is 17.7 Å². The van der Waals surface area contributed by atoms with Crippen molar-refractivity contribution in [1.29, 1.82) is 0 Å². The first-order valence-corrected chi connectivity index (χ1v) is 6.41. The van der Waals surface area contributed by atoms with Crippen LogP contribution in [0.2, 0.25) is 0 Å². The second kappa shape index (κ2) is 4.42. The van der Waals surface area contributed by atoms with E-state index >= 15 is 0 Å². The highest BCUT2D eigenvalue weighted by atomic mass is 19.2. The minimum Gasteiger partial charge on any atom is -0.330 e. The second-order valence-corrected chi connectivity index (χ2v) is 5.17. The molecule has 0 atom stereocenters. The molecule has 0 spiro atoms. The Morgan fingerprint density at radius 3 is 2.32 bits per heavy atom. The topological polar surface area (TPSA) is 26.0 Å². The van der Waals surface area contributed by atoms with E-state index in [1.807, 2.05) is 18.2 Å². The van der Waals surface area contributed by atoms with Gasteiger partial charge in [-0.15, -0.1) is 0 Å². The molecular weight excluding hydrogens is 244 g/mol. The number of hydrogen-bond acceptors (Lipinski definition) is 1. The standard InChI is InChI=1S/C16H15F2N/c17-14-9-12(16(10-19)6-7-16)8-13(15(14)18)11-4-2-1-3-5-11/h1-5,8-9H,6-7,10,19H2. The molecule has 0 amide bonds. The zero-order valence-electron chi connectivity index (χ0n) is 10.5. The Kier molecular flexibility index (Phi) is 2.86. The molecule has 98 valence electrons. The second-order valence-electron chi connectivity index (χ2n) is 5.17. The Bertz CT molecular complexity index is 604. The van der Waals surface area contributed by atoms with Crippen LogP contribution in [0, 0.1) is 11.6 Å². The van der Waals surface area contributed by atoms with E-state index in [1.54, 1.807) is 18.2 Å². The van der Waals surface area contributed by atoms with Crippen molar-refractivity contribution in [3.05, 3.63) is 59.7 Å². The van der Waals surface area contributed by atoms with Gasteiger partial charge in [-0.1, -0.05) is 30.3 Å². The summed E-state index contributed by atoms with van der Waals surface area (Å²) in [5.74, 6) is -1.58. The maximum Gasteiger partial charge on any atom is 0.166 e. The molecule has 0 radical (unpaired) electrons. The van der Waals surface area contributed by atoms with E-state index in [-0.39, 0.29) is 5.41 Å². The molecule has 3 heteroatoms. The van der Waals surface area contributed by atoms with Gasteiger partial charge in [0.05, 0.1) is 0 Å². The lowest BCUT2D eigenvalue weighted by atomic mass is 9.92. The summed E-state index contributed by atoms with van der Waals surface area (Å²) in [6.07, 6.45) is 1.89. The van der Waals surface area contributed by atoms with Gasteiger partial charge in [0.25, 0.3) is 0 Å². The summed E-state index contributed by atoms with van der Waals surface area (Å²) in [4.78, 5) is 0. The Morgan fingerprint density at radius 2 is 1.74 bits per heavy atom. The third-order valence-corrected chi connectivity index (χ3v) is 3.97. The van der Waals surface area contributed by atoms with Crippen molar-refractivity contribution in [2.45, 2.75) is 18.3 Å². The molecule has 19 heavy (non-hydrogen) atoms. The van der Waals surface area contributed by atoms with Crippen molar-refractivity contribution in [3.8, 4) is 11.1 Å². The summed E-state index contributed by atoms with van der Waals surface area (Å²) in [5, 5.41) is 0. The van der Waals surface area contributed by atoms with Crippen LogP contribution in [0.1, 0.15) is 18.4 Å². The van der Waals surface area contributed by atoms with Crippen LogP contribution in [0.25, 0.3) is 11.1 Å². The van der Waals surface area contributed by atoms with E-state index in [1.165, 1.54) is 6.07 Å². The summed E-state index contributed by atoms with van der Waals surface area (Å²) < 4.78 is 27.8. The van der Waals surface area contributed by atoms with Crippen LogP contribution in [0.5, 0.6) is 0 Å². The smallest absolute Gasteiger partial charge is 0.166 e. The van der Waals surface area contributed by atoms with Gasteiger partial charge in [0, 0.05) is 17.5 Å². The highest BCUT2D eigenvalue weighted by Gasteiger charge is 2.43. The van der Waals surface area contributed by atoms with Gasteiger partial charge >= 0.3 is 0 Å². The molecule has 1 nitrogen and oxygen atoms in total.